The summed E-state index contributed by atoms with van der Waals surface area (Å²) >= 11 is 0.486. The van der Waals surface area contributed by atoms with Crippen LogP contribution in [0.2, 0.25) is 0 Å². The number of esters is 1. The second-order valence-electron chi connectivity index (χ2n) is 5.02. The van der Waals surface area contributed by atoms with Crippen molar-refractivity contribution in [1.82, 2.24) is 0 Å². The lowest BCUT2D eigenvalue weighted by atomic mass is 10.2. The Morgan fingerprint density at radius 2 is 1.73 bits per heavy atom. The first kappa shape index (κ1) is 20.1. The van der Waals surface area contributed by atoms with E-state index in [4.69, 9.17) is 0 Å². The van der Waals surface area contributed by atoms with Gasteiger partial charge in [0, 0.05) is 4.90 Å². The molecule has 0 unspecified atom stereocenters. The van der Waals surface area contributed by atoms with Crippen LogP contribution in [0.5, 0.6) is 0 Å². The normalized spacial score (nSPS) is 11.8. The van der Waals surface area contributed by atoms with Crippen molar-refractivity contribution in [2.75, 3.05) is 17.6 Å². The maximum atomic E-state index is 12.4. The van der Waals surface area contributed by atoms with E-state index < -0.39 is 27.9 Å². The molecular formula is C16H14F3NO4S2. The van der Waals surface area contributed by atoms with Crippen molar-refractivity contribution in [3.63, 3.8) is 0 Å². The van der Waals surface area contributed by atoms with Crippen LogP contribution in [0.3, 0.4) is 0 Å². The summed E-state index contributed by atoms with van der Waals surface area (Å²) in [6.07, 6.45) is -4.37. The number of hydrogen-bond acceptors (Lipinski definition) is 5. The standard InChI is InChI=1S/C16H14F3NO4S2/c1-24-15(21)11-6-8-12(9-7-11)26(22,23)20-13-4-2-3-5-14(13)25-10-16(17,18)19/h2-9,20H,10H2,1H3. The largest absolute Gasteiger partial charge is 0.465 e. The van der Waals surface area contributed by atoms with E-state index >= 15 is 0 Å². The zero-order valence-corrected chi connectivity index (χ0v) is 15.0. The van der Waals surface area contributed by atoms with Gasteiger partial charge < -0.3 is 4.74 Å². The first-order valence-electron chi connectivity index (χ1n) is 7.12. The number of anilines is 1. The van der Waals surface area contributed by atoms with Crippen molar-refractivity contribution in [3.8, 4) is 0 Å². The monoisotopic (exact) mass is 405 g/mol. The molecular weight excluding hydrogens is 391 g/mol. The average molecular weight is 405 g/mol. The molecule has 1 N–H and O–H groups in total. The quantitative estimate of drug-likeness (QED) is 0.582. The summed E-state index contributed by atoms with van der Waals surface area (Å²) in [5.41, 5.74) is 0.214. The molecule has 0 radical (unpaired) electrons. The first-order chi connectivity index (χ1) is 12.1. The highest BCUT2D eigenvalue weighted by atomic mass is 32.2. The summed E-state index contributed by atoms with van der Waals surface area (Å²) in [6.45, 7) is 0. The van der Waals surface area contributed by atoms with Crippen LogP contribution in [0.1, 0.15) is 10.4 Å². The van der Waals surface area contributed by atoms with E-state index in [2.05, 4.69) is 9.46 Å². The van der Waals surface area contributed by atoms with Gasteiger partial charge >= 0.3 is 12.1 Å². The van der Waals surface area contributed by atoms with Gasteiger partial charge in [-0.1, -0.05) is 12.1 Å². The van der Waals surface area contributed by atoms with Crippen LogP contribution >= 0.6 is 11.8 Å². The number of carbonyl (C=O) groups excluding carboxylic acids is 1. The molecule has 5 nitrogen and oxygen atoms in total. The molecule has 0 heterocycles. The Labute approximate surface area is 152 Å². The molecule has 0 spiro atoms. The van der Waals surface area contributed by atoms with Gasteiger partial charge in [0.2, 0.25) is 0 Å². The number of benzene rings is 2. The van der Waals surface area contributed by atoms with Crippen LogP contribution in [0.25, 0.3) is 0 Å². The molecule has 26 heavy (non-hydrogen) atoms. The van der Waals surface area contributed by atoms with E-state index in [1.807, 2.05) is 0 Å². The van der Waals surface area contributed by atoms with E-state index in [0.29, 0.717) is 11.8 Å². The summed E-state index contributed by atoms with van der Waals surface area (Å²) in [5.74, 6) is -1.75. The Morgan fingerprint density at radius 3 is 2.31 bits per heavy atom. The number of sulfonamides is 1. The molecule has 0 saturated heterocycles. The molecule has 0 atom stereocenters. The van der Waals surface area contributed by atoms with Gasteiger partial charge in [0.05, 0.1) is 29.0 Å². The molecule has 0 fully saturated rings. The number of para-hydroxylation sites is 1. The molecule has 10 heteroatoms. The van der Waals surface area contributed by atoms with Crippen LogP contribution < -0.4 is 4.72 Å². The van der Waals surface area contributed by atoms with Crippen molar-refractivity contribution in [1.29, 1.82) is 0 Å². The fourth-order valence-electron chi connectivity index (χ4n) is 1.93. The van der Waals surface area contributed by atoms with Gasteiger partial charge in [-0.05, 0) is 36.4 Å². The Balaban J connectivity index is 2.23. The second kappa shape index (κ2) is 8.00. The number of nitrogens with one attached hydrogen (secondary N) is 1. The van der Waals surface area contributed by atoms with Crippen molar-refractivity contribution in [2.45, 2.75) is 16.0 Å². The molecule has 0 saturated carbocycles. The molecule has 0 aliphatic carbocycles. The van der Waals surface area contributed by atoms with Crippen molar-refractivity contribution >= 4 is 33.4 Å². The highest BCUT2D eigenvalue weighted by Gasteiger charge is 2.28. The van der Waals surface area contributed by atoms with E-state index in [1.165, 1.54) is 55.6 Å². The third-order valence-corrected chi connectivity index (χ3v) is 5.63. The average Bonchev–Trinajstić information content (AvgIpc) is 2.59. The highest BCUT2D eigenvalue weighted by molar-refractivity contribution is 7.99. The van der Waals surface area contributed by atoms with Crippen molar-refractivity contribution in [2.24, 2.45) is 0 Å². The van der Waals surface area contributed by atoms with Gasteiger partial charge in [0.1, 0.15) is 0 Å². The fourth-order valence-corrected chi connectivity index (χ4v) is 3.84. The highest BCUT2D eigenvalue weighted by Crippen LogP contribution is 2.33. The third-order valence-electron chi connectivity index (χ3n) is 3.11. The summed E-state index contributed by atoms with van der Waals surface area (Å²) in [4.78, 5) is 11.4. The smallest absolute Gasteiger partial charge is 0.398 e. The lowest BCUT2D eigenvalue weighted by Crippen LogP contribution is -2.15. The minimum Gasteiger partial charge on any atom is -0.465 e. The molecule has 2 rings (SSSR count). The summed E-state index contributed by atoms with van der Waals surface area (Å²) in [6, 6.07) is 10.8. The van der Waals surface area contributed by atoms with E-state index in [0.717, 1.165) is 0 Å². The Morgan fingerprint density at radius 1 is 1.12 bits per heavy atom. The number of ether oxygens (including phenoxy) is 1. The molecule has 2 aromatic carbocycles. The molecule has 140 valence electrons. The Bertz CT molecular complexity index is 881. The van der Waals surface area contributed by atoms with Gasteiger partial charge in [0.15, 0.2) is 0 Å². The van der Waals surface area contributed by atoms with Crippen LogP contribution in [0.15, 0.2) is 58.3 Å². The lowest BCUT2D eigenvalue weighted by molar-refractivity contribution is -0.105. The van der Waals surface area contributed by atoms with Crippen LogP contribution in [0, 0.1) is 0 Å². The molecule has 0 aliphatic heterocycles. The van der Waals surface area contributed by atoms with E-state index in [1.54, 1.807) is 0 Å². The minimum atomic E-state index is -4.37. The predicted octanol–water partition coefficient (Wildman–Crippen LogP) is 3.93. The molecule has 0 bridgehead atoms. The lowest BCUT2D eigenvalue weighted by Gasteiger charge is -2.13. The zero-order chi connectivity index (χ0) is 19.4. The molecule has 0 aliphatic rings. The van der Waals surface area contributed by atoms with Gasteiger partial charge in [-0.25, -0.2) is 13.2 Å². The maximum absolute atomic E-state index is 12.4. The predicted molar refractivity (Wildman–Crippen MR) is 91.8 cm³/mol. The SMILES string of the molecule is COC(=O)c1ccc(S(=O)(=O)Nc2ccccc2SCC(F)(F)F)cc1. The summed E-state index contributed by atoms with van der Waals surface area (Å²) in [7, 11) is -2.84. The summed E-state index contributed by atoms with van der Waals surface area (Å²) < 4.78 is 68.9. The molecule has 0 amide bonds. The number of rotatable bonds is 6. The summed E-state index contributed by atoms with van der Waals surface area (Å²) in [5, 5.41) is 0. The number of hydrogen-bond donors (Lipinski definition) is 1. The fraction of sp³-hybridized carbons (Fsp3) is 0.188. The van der Waals surface area contributed by atoms with Crippen LogP contribution in [-0.4, -0.2) is 33.4 Å². The molecule has 2 aromatic rings. The van der Waals surface area contributed by atoms with Gasteiger partial charge in [0.25, 0.3) is 10.0 Å². The van der Waals surface area contributed by atoms with Gasteiger partial charge in [-0.2, -0.15) is 13.2 Å². The maximum Gasteiger partial charge on any atom is 0.398 e. The number of carbonyl (C=O) groups is 1. The van der Waals surface area contributed by atoms with Crippen molar-refractivity contribution < 1.29 is 31.1 Å². The van der Waals surface area contributed by atoms with E-state index in [-0.39, 0.29) is 21.0 Å². The van der Waals surface area contributed by atoms with Crippen LogP contribution in [-0.2, 0) is 14.8 Å². The number of thioether (sulfide) groups is 1. The van der Waals surface area contributed by atoms with Crippen LogP contribution in [0.4, 0.5) is 18.9 Å². The zero-order valence-electron chi connectivity index (χ0n) is 13.4. The van der Waals surface area contributed by atoms with Crippen molar-refractivity contribution in [3.05, 3.63) is 54.1 Å². The first-order valence-corrected chi connectivity index (χ1v) is 9.59. The van der Waals surface area contributed by atoms with Gasteiger partial charge in [-0.15, -0.1) is 11.8 Å². The number of halogens is 3. The molecule has 0 aromatic heterocycles. The Kier molecular flexibility index (Phi) is 6.19. The minimum absolute atomic E-state index is 0.0406. The number of methoxy groups -OCH3 is 1. The Hall–Kier alpha value is -2.20. The topological polar surface area (TPSA) is 72.5 Å². The van der Waals surface area contributed by atoms with Gasteiger partial charge in [-0.3, -0.25) is 4.72 Å². The third kappa shape index (κ3) is 5.40. The van der Waals surface area contributed by atoms with E-state index in [9.17, 15) is 26.4 Å². The number of alkyl halides is 3. The second-order valence-corrected chi connectivity index (χ2v) is 7.72.